The summed E-state index contributed by atoms with van der Waals surface area (Å²) >= 11 is 0. The van der Waals surface area contributed by atoms with E-state index < -0.39 is 23.8 Å². The second kappa shape index (κ2) is 6.62. The van der Waals surface area contributed by atoms with Crippen LogP contribution in [0.15, 0.2) is 0 Å². The second-order valence-electron chi connectivity index (χ2n) is 6.30. The quantitative estimate of drug-likeness (QED) is 0.818. The van der Waals surface area contributed by atoms with Gasteiger partial charge in [0.1, 0.15) is 0 Å². The molecule has 1 heterocycles. The summed E-state index contributed by atoms with van der Waals surface area (Å²) < 4.78 is 18.0. The fourth-order valence-electron chi connectivity index (χ4n) is 2.97. The van der Waals surface area contributed by atoms with Gasteiger partial charge >= 0.3 is 12.1 Å². The van der Waals surface area contributed by atoms with Crippen LogP contribution in [0.1, 0.15) is 51.9 Å². The molecular formula is C15H24FNO4. The summed E-state index contributed by atoms with van der Waals surface area (Å²) in [4.78, 5) is 24.8. The number of hydrogen-bond donors (Lipinski definition) is 1. The molecule has 1 aliphatic carbocycles. The van der Waals surface area contributed by atoms with E-state index in [1.165, 1.54) is 4.90 Å². The maximum absolute atomic E-state index is 13.3. The average molecular weight is 301 g/mol. The van der Waals surface area contributed by atoms with Crippen LogP contribution in [0.2, 0.25) is 0 Å². The number of carboxylic acids is 1. The van der Waals surface area contributed by atoms with Gasteiger partial charge in [-0.1, -0.05) is 19.8 Å². The summed E-state index contributed by atoms with van der Waals surface area (Å²) in [6.07, 6.45) is 2.35. The van der Waals surface area contributed by atoms with E-state index in [0.717, 1.165) is 12.8 Å². The zero-order valence-corrected chi connectivity index (χ0v) is 12.5. The lowest BCUT2D eigenvalue weighted by Gasteiger charge is -2.38. The SMILES string of the molecule is CCCC(F)OC(=O)N1CCC(CC2CC2)(C(=O)O)CC1. The third-order valence-electron chi connectivity index (χ3n) is 4.55. The van der Waals surface area contributed by atoms with Gasteiger partial charge in [-0.25, -0.2) is 9.18 Å². The lowest BCUT2D eigenvalue weighted by Crippen LogP contribution is -2.47. The molecule has 120 valence electrons. The second-order valence-corrected chi connectivity index (χ2v) is 6.30. The normalized spacial score (nSPS) is 22.7. The molecule has 1 aliphatic heterocycles. The molecule has 2 rings (SSSR count). The first-order chi connectivity index (χ1) is 9.97. The molecule has 1 amide bonds. The van der Waals surface area contributed by atoms with E-state index in [2.05, 4.69) is 0 Å². The van der Waals surface area contributed by atoms with Crippen molar-refractivity contribution in [2.45, 2.75) is 58.2 Å². The minimum atomic E-state index is -1.57. The first-order valence-corrected chi connectivity index (χ1v) is 7.80. The Hall–Kier alpha value is -1.33. The van der Waals surface area contributed by atoms with Crippen LogP contribution in [0.3, 0.4) is 0 Å². The Bertz CT molecular complexity index is 389. The van der Waals surface area contributed by atoms with Gasteiger partial charge in [-0.15, -0.1) is 0 Å². The Kier molecular flexibility index (Phi) is 5.06. The highest BCUT2D eigenvalue weighted by Gasteiger charge is 2.46. The zero-order valence-electron chi connectivity index (χ0n) is 12.5. The maximum Gasteiger partial charge on any atom is 0.412 e. The molecule has 0 spiro atoms. The molecule has 1 unspecified atom stereocenters. The molecule has 0 aromatic carbocycles. The topological polar surface area (TPSA) is 66.8 Å². The van der Waals surface area contributed by atoms with Crippen LogP contribution in [0, 0.1) is 11.3 Å². The summed E-state index contributed by atoms with van der Waals surface area (Å²) in [5, 5.41) is 9.51. The van der Waals surface area contributed by atoms with E-state index >= 15 is 0 Å². The van der Waals surface area contributed by atoms with Crippen LogP contribution in [0.4, 0.5) is 9.18 Å². The number of rotatable bonds is 6. The summed E-state index contributed by atoms with van der Waals surface area (Å²) in [6.45, 7) is 2.48. The number of hydrogen-bond acceptors (Lipinski definition) is 3. The minimum absolute atomic E-state index is 0.195. The Balaban J connectivity index is 1.85. The van der Waals surface area contributed by atoms with Crippen molar-refractivity contribution < 1.29 is 23.8 Å². The maximum atomic E-state index is 13.3. The summed E-state index contributed by atoms with van der Waals surface area (Å²) in [7, 11) is 0. The number of halogens is 1. The van der Waals surface area contributed by atoms with E-state index in [4.69, 9.17) is 4.74 Å². The smallest absolute Gasteiger partial charge is 0.412 e. The number of nitrogens with zero attached hydrogens (tertiary/aromatic N) is 1. The molecule has 1 saturated carbocycles. The number of ether oxygens (including phenoxy) is 1. The van der Waals surface area contributed by atoms with Crippen LogP contribution in [0.25, 0.3) is 0 Å². The molecule has 0 aromatic rings. The van der Waals surface area contributed by atoms with Gasteiger partial charge in [0.25, 0.3) is 0 Å². The first kappa shape index (κ1) is 16.0. The van der Waals surface area contributed by atoms with Crippen LogP contribution in [-0.2, 0) is 9.53 Å². The lowest BCUT2D eigenvalue weighted by atomic mass is 9.74. The van der Waals surface area contributed by atoms with Crippen molar-refractivity contribution in [2.75, 3.05) is 13.1 Å². The number of piperidine rings is 1. The highest BCUT2D eigenvalue weighted by molar-refractivity contribution is 5.75. The number of alkyl halides is 1. The number of carbonyl (C=O) groups is 2. The lowest BCUT2D eigenvalue weighted by molar-refractivity contribution is -0.153. The standard InChI is InChI=1S/C15H24FNO4/c1-2-3-12(16)21-14(20)17-8-6-15(7-9-17,13(18)19)10-11-4-5-11/h11-12H,2-10H2,1H3,(H,18,19). The van der Waals surface area contributed by atoms with Gasteiger partial charge < -0.3 is 14.7 Å². The van der Waals surface area contributed by atoms with Crippen molar-refractivity contribution in [1.29, 1.82) is 0 Å². The van der Waals surface area contributed by atoms with Crippen molar-refractivity contribution in [1.82, 2.24) is 4.90 Å². The zero-order chi connectivity index (χ0) is 15.5. The van der Waals surface area contributed by atoms with Crippen molar-refractivity contribution >= 4 is 12.1 Å². The highest BCUT2D eigenvalue weighted by atomic mass is 19.1. The molecule has 1 saturated heterocycles. The molecule has 21 heavy (non-hydrogen) atoms. The van der Waals surface area contributed by atoms with Crippen molar-refractivity contribution in [3.05, 3.63) is 0 Å². The first-order valence-electron chi connectivity index (χ1n) is 7.80. The number of likely N-dealkylation sites (tertiary alicyclic amines) is 1. The number of carbonyl (C=O) groups excluding carboxylic acids is 1. The fraction of sp³-hybridized carbons (Fsp3) is 0.867. The van der Waals surface area contributed by atoms with E-state index in [0.29, 0.717) is 44.7 Å². The van der Waals surface area contributed by atoms with E-state index in [-0.39, 0.29) is 6.42 Å². The number of aliphatic carboxylic acids is 1. The van der Waals surface area contributed by atoms with Crippen molar-refractivity contribution in [3.63, 3.8) is 0 Å². The Morgan fingerprint density at radius 1 is 1.38 bits per heavy atom. The van der Waals surface area contributed by atoms with Crippen molar-refractivity contribution in [3.8, 4) is 0 Å². The van der Waals surface area contributed by atoms with E-state index in [1.54, 1.807) is 0 Å². The van der Waals surface area contributed by atoms with E-state index in [1.807, 2.05) is 6.92 Å². The van der Waals surface area contributed by atoms with Gasteiger partial charge in [-0.3, -0.25) is 4.79 Å². The third-order valence-corrected chi connectivity index (χ3v) is 4.55. The van der Waals surface area contributed by atoms with Crippen LogP contribution in [-0.4, -0.2) is 41.5 Å². The molecule has 6 heteroatoms. The third kappa shape index (κ3) is 4.08. The number of carboxylic acid groups (broad SMARTS) is 1. The molecule has 1 N–H and O–H groups in total. The highest BCUT2D eigenvalue weighted by Crippen LogP contribution is 2.45. The van der Waals surface area contributed by atoms with Gasteiger partial charge in [0.2, 0.25) is 6.36 Å². The van der Waals surface area contributed by atoms with Gasteiger partial charge in [0, 0.05) is 19.5 Å². The Morgan fingerprint density at radius 2 is 2.00 bits per heavy atom. The summed E-state index contributed by atoms with van der Waals surface area (Å²) in [5.41, 5.74) is -0.712. The van der Waals surface area contributed by atoms with Gasteiger partial charge in [0.15, 0.2) is 0 Å². The number of amides is 1. The Morgan fingerprint density at radius 3 is 2.48 bits per heavy atom. The molecule has 0 radical (unpaired) electrons. The van der Waals surface area contributed by atoms with Crippen LogP contribution in [0.5, 0.6) is 0 Å². The molecule has 2 fully saturated rings. The minimum Gasteiger partial charge on any atom is -0.481 e. The van der Waals surface area contributed by atoms with E-state index in [9.17, 15) is 19.1 Å². The summed E-state index contributed by atoms with van der Waals surface area (Å²) in [5.74, 6) is -0.240. The fourth-order valence-corrected chi connectivity index (χ4v) is 2.97. The largest absolute Gasteiger partial charge is 0.481 e. The van der Waals surface area contributed by atoms with Crippen LogP contribution < -0.4 is 0 Å². The predicted octanol–water partition coefficient (Wildman–Crippen LogP) is 3.19. The summed E-state index contributed by atoms with van der Waals surface area (Å²) in [6, 6.07) is 0. The molecule has 5 nitrogen and oxygen atoms in total. The molecule has 0 aromatic heterocycles. The molecule has 0 bridgehead atoms. The molecular weight excluding hydrogens is 277 g/mol. The molecule has 2 aliphatic rings. The van der Waals surface area contributed by atoms with Gasteiger partial charge in [-0.2, -0.15) is 0 Å². The average Bonchev–Trinajstić information content (AvgIpc) is 3.23. The Labute approximate surface area is 124 Å². The molecule has 1 atom stereocenters. The van der Waals surface area contributed by atoms with Crippen molar-refractivity contribution in [2.24, 2.45) is 11.3 Å². The predicted molar refractivity (Wildman–Crippen MR) is 74.5 cm³/mol. The van der Waals surface area contributed by atoms with Gasteiger partial charge in [0.05, 0.1) is 5.41 Å². The van der Waals surface area contributed by atoms with Crippen LogP contribution >= 0.6 is 0 Å². The monoisotopic (exact) mass is 301 g/mol. The van der Waals surface area contributed by atoms with Gasteiger partial charge in [-0.05, 0) is 31.6 Å².